The Balaban J connectivity index is 4.67. The lowest BCUT2D eigenvalue weighted by Gasteiger charge is -2.07. The highest BCUT2D eigenvalue weighted by molar-refractivity contribution is 6.30. The molecule has 0 bridgehead atoms. The highest BCUT2D eigenvalue weighted by Crippen LogP contribution is 2.21. The highest BCUT2D eigenvalue weighted by atomic mass is 35.5. The van der Waals surface area contributed by atoms with Gasteiger partial charge in [0.1, 0.15) is 5.16 Å². The summed E-state index contributed by atoms with van der Waals surface area (Å²) in [4.78, 5) is 13.2. The molecule has 0 N–H and O–H groups in total. The normalized spacial score (nSPS) is 12.5. The quantitative estimate of drug-likeness (QED) is 0.367. The molecule has 3 heteroatoms. The summed E-state index contributed by atoms with van der Waals surface area (Å²) in [6.45, 7) is 6.01. The predicted octanol–water partition coefficient (Wildman–Crippen LogP) is 2.84. The minimum atomic E-state index is 0.289. The molecule has 11 heavy (non-hydrogen) atoms. The number of isocyanates is 1. The summed E-state index contributed by atoms with van der Waals surface area (Å²) in [5.41, 5.74) is 0.995. The summed E-state index contributed by atoms with van der Waals surface area (Å²) in [7, 11) is 0. The van der Waals surface area contributed by atoms with Crippen LogP contribution in [0.4, 0.5) is 0 Å². The molecular weight excluding hydrogens is 162 g/mol. The number of hydrogen-bond donors (Lipinski definition) is 0. The van der Waals surface area contributed by atoms with E-state index in [1.807, 2.05) is 20.8 Å². The zero-order valence-corrected chi connectivity index (χ0v) is 7.77. The van der Waals surface area contributed by atoms with E-state index < -0.39 is 0 Å². The Morgan fingerprint density at radius 1 is 1.64 bits per heavy atom. The van der Waals surface area contributed by atoms with Crippen LogP contribution in [0.2, 0.25) is 0 Å². The lowest BCUT2D eigenvalue weighted by atomic mass is 10.0. The van der Waals surface area contributed by atoms with Crippen LogP contribution in [0.25, 0.3) is 0 Å². The van der Waals surface area contributed by atoms with Gasteiger partial charge in [-0.25, -0.2) is 4.79 Å². The van der Waals surface area contributed by atoms with Crippen molar-refractivity contribution in [1.29, 1.82) is 0 Å². The first-order valence-corrected chi connectivity index (χ1v) is 3.97. The van der Waals surface area contributed by atoms with Gasteiger partial charge >= 0.3 is 0 Å². The van der Waals surface area contributed by atoms with Gasteiger partial charge in [-0.05, 0) is 17.9 Å². The molecule has 0 aromatic rings. The van der Waals surface area contributed by atoms with Gasteiger partial charge in [0.15, 0.2) is 0 Å². The van der Waals surface area contributed by atoms with E-state index >= 15 is 0 Å². The molecule has 0 unspecified atom stereocenters. The first kappa shape index (κ1) is 10.4. The van der Waals surface area contributed by atoms with Crippen molar-refractivity contribution in [2.75, 3.05) is 0 Å². The van der Waals surface area contributed by atoms with Crippen LogP contribution in [0.3, 0.4) is 0 Å². The molecule has 0 saturated carbocycles. The van der Waals surface area contributed by atoms with Gasteiger partial charge < -0.3 is 0 Å². The molecule has 62 valence electrons. The monoisotopic (exact) mass is 173 g/mol. The van der Waals surface area contributed by atoms with Gasteiger partial charge in [-0.15, -0.1) is 0 Å². The Labute approximate surface area is 72.0 Å². The fourth-order valence-electron chi connectivity index (χ4n) is 0.904. The van der Waals surface area contributed by atoms with Crippen molar-refractivity contribution < 1.29 is 4.79 Å². The zero-order chi connectivity index (χ0) is 8.85. The number of aliphatic imine (C=N–C) groups is 1. The molecule has 0 aromatic heterocycles. The van der Waals surface area contributed by atoms with Crippen LogP contribution >= 0.6 is 11.6 Å². The Morgan fingerprint density at radius 2 is 2.18 bits per heavy atom. The standard InChI is InChI=1S/C8H12ClNO/c1-4-7(6(2)3)8(9)10-5-11/h6H,4H2,1-3H3/b8-7+. The van der Waals surface area contributed by atoms with E-state index in [1.54, 1.807) is 0 Å². The van der Waals surface area contributed by atoms with Gasteiger partial charge in [-0.2, -0.15) is 4.99 Å². The molecule has 0 fully saturated rings. The van der Waals surface area contributed by atoms with Crippen LogP contribution < -0.4 is 0 Å². The molecule has 0 saturated heterocycles. The van der Waals surface area contributed by atoms with Gasteiger partial charge in [0.2, 0.25) is 6.08 Å². The summed E-state index contributed by atoms with van der Waals surface area (Å²) in [6, 6.07) is 0. The van der Waals surface area contributed by atoms with E-state index in [4.69, 9.17) is 11.6 Å². The summed E-state index contributed by atoms with van der Waals surface area (Å²) in [6.07, 6.45) is 2.24. The van der Waals surface area contributed by atoms with Crippen LogP contribution in [0.5, 0.6) is 0 Å². The number of allylic oxidation sites excluding steroid dienone is 1. The molecule has 0 amide bonds. The molecule has 0 aromatic carbocycles. The van der Waals surface area contributed by atoms with Gasteiger partial charge in [-0.3, -0.25) is 0 Å². The van der Waals surface area contributed by atoms with Crippen molar-refractivity contribution in [3.05, 3.63) is 10.7 Å². The number of rotatable bonds is 3. The SMILES string of the molecule is CC/C(=C(/Cl)N=C=O)C(C)C. The van der Waals surface area contributed by atoms with E-state index in [9.17, 15) is 4.79 Å². The Kier molecular flexibility index (Phi) is 4.84. The number of carbonyl (C=O) groups excluding carboxylic acids is 1. The van der Waals surface area contributed by atoms with Gasteiger partial charge in [0.25, 0.3) is 0 Å². The first-order chi connectivity index (χ1) is 5.13. The molecule has 0 radical (unpaired) electrons. The van der Waals surface area contributed by atoms with E-state index in [2.05, 4.69) is 4.99 Å². The van der Waals surface area contributed by atoms with Gasteiger partial charge in [0.05, 0.1) is 0 Å². The molecule has 0 spiro atoms. The lowest BCUT2D eigenvalue weighted by molar-refractivity contribution is 0.564. The minimum Gasteiger partial charge on any atom is -0.211 e. The number of halogens is 1. The summed E-state index contributed by atoms with van der Waals surface area (Å²) in [5.74, 6) is 0.338. The minimum absolute atomic E-state index is 0.289. The maximum absolute atomic E-state index is 9.85. The second-order valence-electron chi connectivity index (χ2n) is 2.53. The van der Waals surface area contributed by atoms with E-state index in [0.29, 0.717) is 5.92 Å². The number of hydrogen-bond acceptors (Lipinski definition) is 2. The topological polar surface area (TPSA) is 29.4 Å². The molecule has 0 aliphatic rings. The van der Waals surface area contributed by atoms with E-state index in [0.717, 1.165) is 12.0 Å². The Morgan fingerprint density at radius 3 is 2.45 bits per heavy atom. The zero-order valence-electron chi connectivity index (χ0n) is 7.02. The average molecular weight is 174 g/mol. The summed E-state index contributed by atoms with van der Waals surface area (Å²) >= 11 is 5.69. The highest BCUT2D eigenvalue weighted by Gasteiger charge is 2.05. The van der Waals surface area contributed by atoms with Crippen LogP contribution in [0, 0.1) is 5.92 Å². The fourth-order valence-corrected chi connectivity index (χ4v) is 1.29. The molecule has 0 atom stereocenters. The van der Waals surface area contributed by atoms with Crippen molar-refractivity contribution in [2.45, 2.75) is 27.2 Å². The van der Waals surface area contributed by atoms with Crippen molar-refractivity contribution in [3.63, 3.8) is 0 Å². The van der Waals surface area contributed by atoms with Crippen LogP contribution in [-0.2, 0) is 4.79 Å². The molecular formula is C8H12ClNO. The largest absolute Gasteiger partial charge is 0.241 e. The number of nitrogens with zero attached hydrogens (tertiary/aromatic N) is 1. The van der Waals surface area contributed by atoms with Crippen molar-refractivity contribution in [1.82, 2.24) is 0 Å². The summed E-state index contributed by atoms with van der Waals surface area (Å²) < 4.78 is 0. The molecule has 2 nitrogen and oxygen atoms in total. The van der Waals surface area contributed by atoms with Crippen molar-refractivity contribution >= 4 is 17.7 Å². The van der Waals surface area contributed by atoms with Crippen LogP contribution in [-0.4, -0.2) is 6.08 Å². The van der Waals surface area contributed by atoms with Crippen molar-refractivity contribution in [3.8, 4) is 0 Å². The summed E-state index contributed by atoms with van der Waals surface area (Å²) in [5, 5.41) is 0.289. The lowest BCUT2D eigenvalue weighted by Crippen LogP contribution is -1.93. The molecule has 0 aliphatic carbocycles. The maximum atomic E-state index is 9.85. The first-order valence-electron chi connectivity index (χ1n) is 3.59. The van der Waals surface area contributed by atoms with Crippen LogP contribution in [0.1, 0.15) is 27.2 Å². The average Bonchev–Trinajstić information content (AvgIpc) is 1.88. The van der Waals surface area contributed by atoms with Gasteiger partial charge in [0, 0.05) is 0 Å². The molecule has 0 rings (SSSR count). The van der Waals surface area contributed by atoms with Crippen LogP contribution in [0.15, 0.2) is 15.7 Å². The second kappa shape index (κ2) is 5.11. The van der Waals surface area contributed by atoms with Crippen molar-refractivity contribution in [2.24, 2.45) is 10.9 Å². The smallest absolute Gasteiger partial charge is 0.211 e. The maximum Gasteiger partial charge on any atom is 0.241 e. The third-order valence-corrected chi connectivity index (χ3v) is 1.81. The van der Waals surface area contributed by atoms with E-state index in [-0.39, 0.29) is 5.16 Å². The Hall–Kier alpha value is -0.590. The van der Waals surface area contributed by atoms with Gasteiger partial charge in [-0.1, -0.05) is 32.4 Å². The third-order valence-electron chi connectivity index (χ3n) is 1.49. The second-order valence-corrected chi connectivity index (χ2v) is 2.89. The fraction of sp³-hybridized carbons (Fsp3) is 0.625. The molecule has 0 aliphatic heterocycles. The predicted molar refractivity (Wildman–Crippen MR) is 46.1 cm³/mol. The van der Waals surface area contributed by atoms with E-state index in [1.165, 1.54) is 6.08 Å². The Bertz CT molecular complexity index is 202. The molecule has 0 heterocycles. The third kappa shape index (κ3) is 3.35.